The summed E-state index contributed by atoms with van der Waals surface area (Å²) in [7, 11) is -3.70. The largest absolute Gasteiger partial charge is 0.360 e. The van der Waals surface area contributed by atoms with Crippen LogP contribution >= 0.6 is 0 Å². The second-order valence-electron chi connectivity index (χ2n) is 6.38. The first-order valence-electron chi connectivity index (χ1n) is 8.35. The molecule has 1 aliphatic rings. The summed E-state index contributed by atoms with van der Waals surface area (Å²) in [6.45, 7) is 2.94. The lowest BCUT2D eigenvalue weighted by atomic mass is 10.1. The van der Waals surface area contributed by atoms with Gasteiger partial charge >= 0.3 is 0 Å². The summed E-state index contributed by atoms with van der Waals surface area (Å²) in [5.74, 6) is -1.59. The number of hydrogen-bond acceptors (Lipinski definition) is 7. The maximum Gasteiger partial charge on any atom is 0.251 e. The molecule has 0 bridgehead atoms. The summed E-state index contributed by atoms with van der Waals surface area (Å²) < 4.78 is 29.8. The lowest BCUT2D eigenvalue weighted by Crippen LogP contribution is -2.33. The Morgan fingerprint density at radius 2 is 1.96 bits per heavy atom. The van der Waals surface area contributed by atoms with E-state index < -0.39 is 33.7 Å². The minimum atomic E-state index is -3.70. The maximum atomic E-state index is 12.2. The van der Waals surface area contributed by atoms with Crippen molar-refractivity contribution >= 4 is 39.3 Å². The fourth-order valence-corrected chi connectivity index (χ4v) is 4.53. The standard InChI is InChI=1S/C17H18N4O6S/c1-10-9-28(25,26)21(17(10)24)13-5-3-12(4-6-13)16(23)18-8-15(22)19-14-7-11(2)27-20-14/h3-7,10H,8-9H2,1-2H3,(H,18,23)(H,19,20,22). The van der Waals surface area contributed by atoms with Gasteiger partial charge in [0.25, 0.3) is 5.91 Å². The van der Waals surface area contributed by atoms with Crippen molar-refractivity contribution in [2.75, 3.05) is 21.9 Å². The number of sulfonamides is 1. The van der Waals surface area contributed by atoms with Gasteiger partial charge < -0.3 is 15.2 Å². The number of carbonyl (C=O) groups is 3. The van der Waals surface area contributed by atoms with Gasteiger partial charge in [0.1, 0.15) is 5.76 Å². The van der Waals surface area contributed by atoms with E-state index in [2.05, 4.69) is 15.8 Å². The maximum absolute atomic E-state index is 12.2. The van der Waals surface area contributed by atoms with Crippen molar-refractivity contribution in [2.24, 2.45) is 5.92 Å². The van der Waals surface area contributed by atoms with E-state index in [0.29, 0.717) is 5.76 Å². The Labute approximate surface area is 160 Å². The van der Waals surface area contributed by atoms with Gasteiger partial charge in [0.15, 0.2) is 5.82 Å². The molecule has 1 aliphatic heterocycles. The van der Waals surface area contributed by atoms with Crippen molar-refractivity contribution < 1.29 is 27.3 Å². The first kappa shape index (κ1) is 19.5. The molecule has 3 rings (SSSR count). The van der Waals surface area contributed by atoms with Crippen molar-refractivity contribution in [3.63, 3.8) is 0 Å². The molecule has 0 aliphatic carbocycles. The topological polar surface area (TPSA) is 139 Å². The van der Waals surface area contributed by atoms with Crippen molar-refractivity contribution in [1.29, 1.82) is 0 Å². The number of nitrogens with zero attached hydrogens (tertiary/aromatic N) is 2. The fraction of sp³-hybridized carbons (Fsp3) is 0.294. The molecule has 0 saturated carbocycles. The van der Waals surface area contributed by atoms with Crippen LogP contribution in [0.4, 0.5) is 11.5 Å². The number of hydrogen-bond donors (Lipinski definition) is 2. The molecule has 3 amide bonds. The van der Waals surface area contributed by atoms with E-state index in [4.69, 9.17) is 4.52 Å². The molecule has 2 aromatic rings. The summed E-state index contributed by atoms with van der Waals surface area (Å²) in [6.07, 6.45) is 0. The zero-order chi connectivity index (χ0) is 20.5. The van der Waals surface area contributed by atoms with Gasteiger partial charge in [-0.3, -0.25) is 14.4 Å². The predicted octanol–water partition coefficient (Wildman–Crippen LogP) is 0.664. The minimum Gasteiger partial charge on any atom is -0.360 e. The molecule has 1 saturated heterocycles. The second kappa shape index (κ2) is 7.43. The van der Waals surface area contributed by atoms with E-state index in [9.17, 15) is 22.8 Å². The van der Waals surface area contributed by atoms with E-state index in [1.54, 1.807) is 13.8 Å². The number of rotatable bonds is 5. The monoisotopic (exact) mass is 406 g/mol. The van der Waals surface area contributed by atoms with Gasteiger partial charge in [-0.1, -0.05) is 12.1 Å². The van der Waals surface area contributed by atoms with Crippen LogP contribution in [0.25, 0.3) is 0 Å². The van der Waals surface area contributed by atoms with Crippen molar-refractivity contribution in [3.05, 3.63) is 41.7 Å². The summed E-state index contributed by atoms with van der Waals surface area (Å²) in [4.78, 5) is 36.0. The highest BCUT2D eigenvalue weighted by Crippen LogP contribution is 2.28. The van der Waals surface area contributed by atoms with E-state index in [1.165, 1.54) is 30.3 Å². The van der Waals surface area contributed by atoms with Gasteiger partial charge in [0.05, 0.1) is 23.9 Å². The molecular formula is C17H18N4O6S. The molecule has 10 nitrogen and oxygen atoms in total. The van der Waals surface area contributed by atoms with Crippen LogP contribution in [-0.4, -0.2) is 43.6 Å². The summed E-state index contributed by atoms with van der Waals surface area (Å²) in [5, 5.41) is 8.51. The van der Waals surface area contributed by atoms with Crippen LogP contribution < -0.4 is 14.9 Å². The smallest absolute Gasteiger partial charge is 0.251 e. The van der Waals surface area contributed by atoms with Crippen LogP contribution in [0.3, 0.4) is 0 Å². The van der Waals surface area contributed by atoms with Crippen LogP contribution in [0.15, 0.2) is 34.9 Å². The summed E-state index contributed by atoms with van der Waals surface area (Å²) in [6, 6.07) is 7.05. The first-order valence-corrected chi connectivity index (χ1v) is 9.96. The zero-order valence-electron chi connectivity index (χ0n) is 15.1. The van der Waals surface area contributed by atoms with E-state index in [1.807, 2.05) is 0 Å². The lowest BCUT2D eigenvalue weighted by Gasteiger charge is -2.15. The Bertz CT molecular complexity index is 1030. The third kappa shape index (κ3) is 4.03. The number of aromatic nitrogens is 1. The number of carbonyl (C=O) groups excluding carboxylic acids is 3. The average Bonchev–Trinajstić information content (AvgIpc) is 3.12. The molecule has 0 radical (unpaired) electrons. The number of anilines is 2. The van der Waals surface area contributed by atoms with Gasteiger partial charge in [-0.2, -0.15) is 0 Å². The highest BCUT2D eigenvalue weighted by molar-refractivity contribution is 7.94. The number of benzene rings is 1. The third-order valence-corrected chi connectivity index (χ3v) is 5.90. The predicted molar refractivity (Wildman–Crippen MR) is 99.1 cm³/mol. The number of amides is 3. The Balaban J connectivity index is 1.61. The van der Waals surface area contributed by atoms with Gasteiger partial charge in [-0.15, -0.1) is 0 Å². The molecule has 1 atom stereocenters. The molecule has 1 fully saturated rings. The van der Waals surface area contributed by atoms with Crippen LogP contribution in [-0.2, 0) is 19.6 Å². The third-order valence-electron chi connectivity index (χ3n) is 4.03. The molecule has 11 heteroatoms. The van der Waals surface area contributed by atoms with Crippen molar-refractivity contribution in [2.45, 2.75) is 13.8 Å². The highest BCUT2D eigenvalue weighted by atomic mass is 32.2. The molecule has 28 heavy (non-hydrogen) atoms. The molecule has 2 heterocycles. The molecule has 1 aromatic heterocycles. The van der Waals surface area contributed by atoms with Gasteiger partial charge in [-0.05, 0) is 31.2 Å². The number of aryl methyl sites for hydroxylation is 1. The van der Waals surface area contributed by atoms with E-state index in [-0.39, 0.29) is 29.4 Å². The normalized spacial score (nSPS) is 18.1. The van der Waals surface area contributed by atoms with Gasteiger partial charge in [0.2, 0.25) is 21.8 Å². The fourth-order valence-electron chi connectivity index (χ4n) is 2.71. The van der Waals surface area contributed by atoms with Crippen molar-refractivity contribution in [3.8, 4) is 0 Å². The SMILES string of the molecule is Cc1cc(NC(=O)CNC(=O)c2ccc(N3C(=O)C(C)CS3(=O)=O)cc2)no1. The summed E-state index contributed by atoms with van der Waals surface area (Å²) >= 11 is 0. The van der Waals surface area contributed by atoms with Crippen LogP contribution in [0.1, 0.15) is 23.0 Å². The van der Waals surface area contributed by atoms with Crippen molar-refractivity contribution in [1.82, 2.24) is 10.5 Å². The zero-order valence-corrected chi connectivity index (χ0v) is 15.9. The first-order chi connectivity index (χ1) is 13.2. The van der Waals surface area contributed by atoms with E-state index in [0.717, 1.165) is 4.31 Å². The van der Waals surface area contributed by atoms with Crippen LogP contribution in [0.5, 0.6) is 0 Å². The number of nitrogens with one attached hydrogen (secondary N) is 2. The van der Waals surface area contributed by atoms with Gasteiger partial charge in [-0.25, -0.2) is 12.7 Å². The molecular weight excluding hydrogens is 388 g/mol. The Kier molecular flexibility index (Phi) is 5.18. The van der Waals surface area contributed by atoms with Crippen LogP contribution in [0.2, 0.25) is 0 Å². The Morgan fingerprint density at radius 1 is 1.29 bits per heavy atom. The lowest BCUT2D eigenvalue weighted by molar-refractivity contribution is -0.119. The minimum absolute atomic E-state index is 0.171. The molecule has 148 valence electrons. The molecule has 1 unspecified atom stereocenters. The average molecular weight is 406 g/mol. The highest BCUT2D eigenvalue weighted by Gasteiger charge is 2.41. The molecule has 1 aromatic carbocycles. The quantitative estimate of drug-likeness (QED) is 0.744. The second-order valence-corrected chi connectivity index (χ2v) is 8.25. The van der Waals surface area contributed by atoms with Gasteiger partial charge in [0, 0.05) is 11.6 Å². The Morgan fingerprint density at radius 3 is 2.50 bits per heavy atom. The molecule has 0 spiro atoms. The van der Waals surface area contributed by atoms with E-state index >= 15 is 0 Å². The molecule has 2 N–H and O–H groups in total. The van der Waals surface area contributed by atoms with Crippen LogP contribution in [0, 0.1) is 12.8 Å². The Hall–Kier alpha value is -3.21. The summed E-state index contributed by atoms with van der Waals surface area (Å²) in [5.41, 5.74) is 0.385.